The van der Waals surface area contributed by atoms with Crippen LogP contribution in [0.5, 0.6) is 0 Å². The lowest BCUT2D eigenvalue weighted by atomic mass is 10.2. The quantitative estimate of drug-likeness (QED) is 0.802. The van der Waals surface area contributed by atoms with Crippen LogP contribution in [0, 0.1) is 0 Å². The minimum atomic E-state index is -0.965. The Morgan fingerprint density at radius 1 is 1.29 bits per heavy atom. The molecule has 0 spiro atoms. The summed E-state index contributed by atoms with van der Waals surface area (Å²) in [5.41, 5.74) is 1.49. The van der Waals surface area contributed by atoms with Gasteiger partial charge in [0.05, 0.1) is 16.6 Å². The maximum absolute atomic E-state index is 11.5. The Morgan fingerprint density at radius 3 is 2.62 bits per heavy atom. The summed E-state index contributed by atoms with van der Waals surface area (Å²) < 4.78 is 3.53. The summed E-state index contributed by atoms with van der Waals surface area (Å²) in [6.07, 6.45) is 1.83. The van der Waals surface area contributed by atoms with Crippen LogP contribution in [-0.4, -0.2) is 30.4 Å². The van der Waals surface area contributed by atoms with Crippen molar-refractivity contribution in [3.05, 3.63) is 41.9 Å². The number of aromatic nitrogens is 4. The molecule has 2 aromatic heterocycles. The van der Waals surface area contributed by atoms with E-state index in [2.05, 4.69) is 10.1 Å². The van der Waals surface area contributed by atoms with Crippen LogP contribution in [0.25, 0.3) is 16.9 Å². The van der Waals surface area contributed by atoms with Gasteiger partial charge in [-0.15, -0.1) is 0 Å². The minimum absolute atomic E-state index is 0.154. The number of para-hydroxylation sites is 1. The number of carboxylic acids is 1. The van der Waals surface area contributed by atoms with E-state index in [4.69, 9.17) is 0 Å². The molecule has 2 heterocycles. The second kappa shape index (κ2) is 4.73. The first-order chi connectivity index (χ1) is 9.99. The number of carboxylic acid groups (broad SMARTS) is 1. The highest BCUT2D eigenvalue weighted by Gasteiger charge is 2.21. The van der Waals surface area contributed by atoms with Crippen molar-refractivity contribution >= 4 is 17.0 Å². The number of aryl methyl sites for hydroxylation is 1. The molecule has 21 heavy (non-hydrogen) atoms. The molecule has 1 aromatic carbocycles. The fourth-order valence-corrected chi connectivity index (χ4v) is 2.46. The van der Waals surface area contributed by atoms with Gasteiger partial charge in [-0.2, -0.15) is 5.10 Å². The Morgan fingerprint density at radius 2 is 2.05 bits per heavy atom. The summed E-state index contributed by atoms with van der Waals surface area (Å²) in [6, 6.07) is 6.99. The Balaban J connectivity index is 2.43. The van der Waals surface area contributed by atoms with Crippen LogP contribution in [0.2, 0.25) is 0 Å². The Labute approximate surface area is 121 Å². The number of hydrogen-bond donors (Lipinski definition) is 1. The van der Waals surface area contributed by atoms with Crippen LogP contribution in [0.4, 0.5) is 0 Å². The van der Waals surface area contributed by atoms with Crippen molar-refractivity contribution in [3.63, 3.8) is 0 Å². The van der Waals surface area contributed by atoms with Gasteiger partial charge in [0, 0.05) is 25.2 Å². The van der Waals surface area contributed by atoms with Crippen molar-refractivity contribution in [3.8, 4) is 5.82 Å². The molecule has 6 heteroatoms. The fraction of sp³-hybridized carbons (Fsp3) is 0.267. The van der Waals surface area contributed by atoms with Crippen molar-refractivity contribution in [2.75, 3.05) is 0 Å². The summed E-state index contributed by atoms with van der Waals surface area (Å²) in [5.74, 6) is 0.670. The molecule has 0 radical (unpaired) electrons. The number of aromatic carboxylic acids is 1. The Hall–Kier alpha value is -2.63. The first-order valence-corrected chi connectivity index (χ1v) is 6.73. The second-order valence-electron chi connectivity index (χ2n) is 5.29. The lowest BCUT2D eigenvalue weighted by Crippen LogP contribution is -2.07. The zero-order valence-corrected chi connectivity index (χ0v) is 12.1. The minimum Gasteiger partial charge on any atom is -0.478 e. The standard InChI is InChI=1S/C15H16N4O2/c1-9(2)14-16-11-6-4-5-10(15(20)21)13(11)19(14)12-7-8-18(3)17-12/h4-9H,1-3H3,(H,20,21). The summed E-state index contributed by atoms with van der Waals surface area (Å²) in [7, 11) is 1.83. The van der Waals surface area contributed by atoms with Crippen LogP contribution in [0.3, 0.4) is 0 Å². The van der Waals surface area contributed by atoms with Gasteiger partial charge in [0.25, 0.3) is 0 Å². The molecule has 3 rings (SSSR count). The normalized spacial score (nSPS) is 11.4. The van der Waals surface area contributed by atoms with Gasteiger partial charge in [0.2, 0.25) is 0 Å². The van der Waals surface area contributed by atoms with Gasteiger partial charge in [-0.3, -0.25) is 9.25 Å². The molecule has 0 unspecified atom stereocenters. The van der Waals surface area contributed by atoms with E-state index < -0.39 is 5.97 Å². The second-order valence-corrected chi connectivity index (χ2v) is 5.29. The van der Waals surface area contributed by atoms with Crippen molar-refractivity contribution in [2.24, 2.45) is 7.05 Å². The van der Waals surface area contributed by atoms with Gasteiger partial charge >= 0.3 is 5.97 Å². The predicted molar refractivity (Wildman–Crippen MR) is 78.9 cm³/mol. The summed E-state index contributed by atoms with van der Waals surface area (Å²) in [6.45, 7) is 4.06. The van der Waals surface area contributed by atoms with Crippen molar-refractivity contribution < 1.29 is 9.90 Å². The molecule has 0 bridgehead atoms. The molecule has 0 saturated carbocycles. The number of nitrogens with zero attached hydrogens (tertiary/aromatic N) is 4. The third-order valence-corrected chi connectivity index (χ3v) is 3.38. The molecule has 1 N–H and O–H groups in total. The number of hydrogen-bond acceptors (Lipinski definition) is 3. The van der Waals surface area contributed by atoms with Gasteiger partial charge < -0.3 is 5.11 Å². The van der Waals surface area contributed by atoms with E-state index in [1.54, 1.807) is 16.8 Å². The number of fused-ring (bicyclic) bond motifs is 1. The zero-order chi connectivity index (χ0) is 15.1. The molecule has 3 aromatic rings. The van der Waals surface area contributed by atoms with Gasteiger partial charge in [-0.1, -0.05) is 19.9 Å². The molecule has 0 saturated heterocycles. The first kappa shape index (κ1) is 13.4. The molecule has 0 aliphatic carbocycles. The van der Waals surface area contributed by atoms with Crippen molar-refractivity contribution in [1.82, 2.24) is 19.3 Å². The van der Waals surface area contributed by atoms with E-state index in [-0.39, 0.29) is 11.5 Å². The highest BCUT2D eigenvalue weighted by atomic mass is 16.4. The molecule has 108 valence electrons. The molecule has 6 nitrogen and oxygen atoms in total. The third-order valence-electron chi connectivity index (χ3n) is 3.38. The average molecular weight is 284 g/mol. The molecule has 0 fully saturated rings. The number of rotatable bonds is 3. The fourth-order valence-electron chi connectivity index (χ4n) is 2.46. The number of imidazole rings is 1. The maximum atomic E-state index is 11.5. The maximum Gasteiger partial charge on any atom is 0.337 e. The molecular weight excluding hydrogens is 268 g/mol. The van der Waals surface area contributed by atoms with Crippen molar-refractivity contribution in [2.45, 2.75) is 19.8 Å². The molecule has 0 aliphatic heterocycles. The van der Waals surface area contributed by atoms with Crippen LogP contribution in [-0.2, 0) is 7.05 Å². The van der Waals surface area contributed by atoms with Crippen LogP contribution >= 0.6 is 0 Å². The monoisotopic (exact) mass is 284 g/mol. The van der Waals surface area contributed by atoms with E-state index in [1.165, 1.54) is 0 Å². The van der Waals surface area contributed by atoms with E-state index in [0.29, 0.717) is 16.9 Å². The Bertz CT molecular complexity index is 829. The highest BCUT2D eigenvalue weighted by molar-refractivity contribution is 6.01. The molecule has 0 aliphatic rings. The predicted octanol–water partition coefficient (Wildman–Crippen LogP) is 2.58. The summed E-state index contributed by atoms with van der Waals surface area (Å²) in [5, 5.41) is 13.8. The van der Waals surface area contributed by atoms with Crippen LogP contribution < -0.4 is 0 Å². The van der Waals surface area contributed by atoms with E-state index in [1.807, 2.05) is 43.8 Å². The highest BCUT2D eigenvalue weighted by Crippen LogP contribution is 2.27. The Kier molecular flexibility index (Phi) is 3.01. The average Bonchev–Trinajstić information content (AvgIpc) is 3.01. The van der Waals surface area contributed by atoms with Crippen molar-refractivity contribution in [1.29, 1.82) is 0 Å². The largest absolute Gasteiger partial charge is 0.478 e. The van der Waals surface area contributed by atoms with Gasteiger partial charge in [0.1, 0.15) is 5.82 Å². The summed E-state index contributed by atoms with van der Waals surface area (Å²) in [4.78, 5) is 16.1. The number of benzene rings is 1. The third kappa shape index (κ3) is 2.08. The smallest absolute Gasteiger partial charge is 0.337 e. The number of carbonyl (C=O) groups is 1. The lowest BCUT2D eigenvalue weighted by Gasteiger charge is -2.09. The van der Waals surface area contributed by atoms with Gasteiger partial charge in [-0.05, 0) is 12.1 Å². The zero-order valence-electron chi connectivity index (χ0n) is 12.1. The summed E-state index contributed by atoms with van der Waals surface area (Å²) >= 11 is 0. The molecule has 0 amide bonds. The van der Waals surface area contributed by atoms with Crippen LogP contribution in [0.1, 0.15) is 35.9 Å². The first-order valence-electron chi connectivity index (χ1n) is 6.73. The topological polar surface area (TPSA) is 72.9 Å². The SMILES string of the molecule is CC(C)c1nc2cccc(C(=O)O)c2n1-c1ccn(C)n1. The van der Waals surface area contributed by atoms with E-state index >= 15 is 0 Å². The van der Waals surface area contributed by atoms with Gasteiger partial charge in [-0.25, -0.2) is 9.78 Å². The van der Waals surface area contributed by atoms with Gasteiger partial charge in [0.15, 0.2) is 5.82 Å². The van der Waals surface area contributed by atoms with Crippen LogP contribution in [0.15, 0.2) is 30.5 Å². The molecule has 0 atom stereocenters. The van der Waals surface area contributed by atoms with E-state index in [0.717, 1.165) is 5.82 Å². The van der Waals surface area contributed by atoms with E-state index in [9.17, 15) is 9.90 Å². The molecular formula is C15H16N4O2. The lowest BCUT2D eigenvalue weighted by molar-refractivity contribution is 0.0698.